The van der Waals surface area contributed by atoms with E-state index in [1.165, 1.54) is 0 Å². The smallest absolute Gasteiger partial charge is 0.128 e. The molecular formula is C6H6O. The molecule has 0 N–H and O–H groups in total. The molecule has 1 heterocycles. The van der Waals surface area contributed by atoms with Gasteiger partial charge in [-0.05, 0) is 12.2 Å². The molecule has 0 atom stereocenters. The van der Waals surface area contributed by atoms with Gasteiger partial charge in [0.05, 0.1) is 6.61 Å². The molecule has 1 aliphatic heterocycles. The Morgan fingerprint density at radius 2 is 1.86 bits per heavy atom. The topological polar surface area (TPSA) is 12.5 Å². The maximum absolute atomic E-state index is 5.08. The van der Waals surface area contributed by atoms with Gasteiger partial charge < -0.3 is 4.74 Å². The Kier molecular flexibility index (Phi) is 0.403. The summed E-state index contributed by atoms with van der Waals surface area (Å²) in [5.41, 5.74) is 0.0833. The Morgan fingerprint density at radius 1 is 1.29 bits per heavy atom. The lowest BCUT2D eigenvalue weighted by atomic mass is 10.2. The van der Waals surface area contributed by atoms with E-state index >= 15 is 0 Å². The van der Waals surface area contributed by atoms with Crippen molar-refractivity contribution in [1.29, 1.82) is 0 Å². The van der Waals surface area contributed by atoms with E-state index in [2.05, 4.69) is 12.2 Å². The van der Waals surface area contributed by atoms with Crippen molar-refractivity contribution in [2.75, 3.05) is 6.61 Å². The van der Waals surface area contributed by atoms with E-state index in [1.807, 2.05) is 12.2 Å². The van der Waals surface area contributed by atoms with Crippen molar-refractivity contribution in [1.82, 2.24) is 0 Å². The lowest BCUT2D eigenvalue weighted by Gasteiger charge is -1.85. The standard InChI is InChI=1S/C6H6O/c1-2-4-6(3-1)5-7-6/h1-4H,5H2. The molecule has 0 radical (unpaired) electrons. The second kappa shape index (κ2) is 0.819. The van der Waals surface area contributed by atoms with E-state index in [-0.39, 0.29) is 5.60 Å². The molecule has 1 heteroatoms. The first-order chi connectivity index (χ1) is 3.41. The van der Waals surface area contributed by atoms with E-state index in [0.29, 0.717) is 0 Å². The lowest BCUT2D eigenvalue weighted by Crippen LogP contribution is -1.95. The molecule has 0 aromatic rings. The fraction of sp³-hybridized carbons (Fsp3) is 0.333. The Labute approximate surface area is 42.3 Å². The third-order valence-electron chi connectivity index (χ3n) is 1.35. The second-order valence-corrected chi connectivity index (χ2v) is 1.96. The fourth-order valence-electron chi connectivity index (χ4n) is 0.768. The lowest BCUT2D eigenvalue weighted by molar-refractivity contribution is 0.395. The van der Waals surface area contributed by atoms with Crippen molar-refractivity contribution >= 4 is 0 Å². The first kappa shape index (κ1) is 3.44. The van der Waals surface area contributed by atoms with Gasteiger partial charge in [0, 0.05) is 0 Å². The average Bonchev–Trinajstić information content (AvgIpc) is 2.15. The van der Waals surface area contributed by atoms with E-state index in [9.17, 15) is 0 Å². The van der Waals surface area contributed by atoms with Crippen LogP contribution >= 0.6 is 0 Å². The zero-order chi connectivity index (χ0) is 4.74. The summed E-state index contributed by atoms with van der Waals surface area (Å²) >= 11 is 0. The predicted molar refractivity (Wildman–Crippen MR) is 27.0 cm³/mol. The highest BCUT2D eigenvalue weighted by atomic mass is 16.6. The van der Waals surface area contributed by atoms with Crippen molar-refractivity contribution in [2.45, 2.75) is 5.60 Å². The maximum Gasteiger partial charge on any atom is 0.128 e. The minimum absolute atomic E-state index is 0.0833. The third kappa shape index (κ3) is 0.356. The van der Waals surface area contributed by atoms with Crippen LogP contribution in [0.25, 0.3) is 0 Å². The first-order valence-electron chi connectivity index (χ1n) is 2.42. The highest BCUT2D eigenvalue weighted by molar-refractivity contribution is 5.32. The normalized spacial score (nSPS) is 29.7. The summed E-state index contributed by atoms with van der Waals surface area (Å²) in [6.45, 7) is 0.889. The molecule has 2 rings (SSSR count). The molecule has 1 aliphatic carbocycles. The fourth-order valence-corrected chi connectivity index (χ4v) is 0.768. The van der Waals surface area contributed by atoms with Gasteiger partial charge >= 0.3 is 0 Å². The average molecular weight is 94.1 g/mol. The molecule has 0 saturated carbocycles. The number of ether oxygens (including phenoxy) is 1. The molecule has 0 bridgehead atoms. The second-order valence-electron chi connectivity index (χ2n) is 1.96. The SMILES string of the molecule is C1=CC2(C=C1)CO2. The Balaban J connectivity index is 2.38. The summed E-state index contributed by atoms with van der Waals surface area (Å²) in [7, 11) is 0. The van der Waals surface area contributed by atoms with Gasteiger partial charge in [-0.25, -0.2) is 0 Å². The molecule has 7 heavy (non-hydrogen) atoms. The quantitative estimate of drug-likeness (QED) is 0.406. The number of rotatable bonds is 0. The van der Waals surface area contributed by atoms with Crippen molar-refractivity contribution in [3.8, 4) is 0 Å². The summed E-state index contributed by atoms with van der Waals surface area (Å²) in [5, 5.41) is 0. The molecule has 0 aromatic carbocycles. The third-order valence-corrected chi connectivity index (χ3v) is 1.35. The Bertz CT molecular complexity index is 126. The minimum atomic E-state index is 0.0833. The maximum atomic E-state index is 5.08. The van der Waals surface area contributed by atoms with Gasteiger partial charge in [0.15, 0.2) is 0 Å². The summed E-state index contributed by atoms with van der Waals surface area (Å²) in [4.78, 5) is 0. The zero-order valence-electron chi connectivity index (χ0n) is 3.92. The molecule has 36 valence electrons. The van der Waals surface area contributed by atoms with E-state index in [1.54, 1.807) is 0 Å². The molecular weight excluding hydrogens is 88.1 g/mol. The predicted octanol–water partition coefficient (Wildman–Crippen LogP) is 0.881. The molecule has 0 aromatic heterocycles. The first-order valence-corrected chi connectivity index (χ1v) is 2.42. The highest BCUT2D eigenvalue weighted by Crippen LogP contribution is 2.32. The van der Waals surface area contributed by atoms with E-state index in [4.69, 9.17) is 4.74 Å². The van der Waals surface area contributed by atoms with E-state index in [0.717, 1.165) is 6.61 Å². The Hall–Kier alpha value is -0.560. The molecule has 1 fully saturated rings. The van der Waals surface area contributed by atoms with Crippen LogP contribution in [0.3, 0.4) is 0 Å². The van der Waals surface area contributed by atoms with Crippen LogP contribution in [0.5, 0.6) is 0 Å². The number of epoxide rings is 1. The van der Waals surface area contributed by atoms with Crippen molar-refractivity contribution in [3.05, 3.63) is 24.3 Å². The van der Waals surface area contributed by atoms with Gasteiger partial charge in [-0.1, -0.05) is 12.2 Å². The summed E-state index contributed by atoms with van der Waals surface area (Å²) < 4.78 is 5.08. The van der Waals surface area contributed by atoms with Gasteiger partial charge in [0.25, 0.3) is 0 Å². The molecule has 0 unspecified atom stereocenters. The molecule has 1 saturated heterocycles. The highest BCUT2D eigenvalue weighted by Gasteiger charge is 2.40. The molecule has 0 amide bonds. The van der Waals surface area contributed by atoms with Crippen LogP contribution in [0.4, 0.5) is 0 Å². The number of hydrogen-bond donors (Lipinski definition) is 0. The summed E-state index contributed by atoms with van der Waals surface area (Å²) in [6.07, 6.45) is 8.19. The van der Waals surface area contributed by atoms with Gasteiger partial charge in [0.1, 0.15) is 5.60 Å². The van der Waals surface area contributed by atoms with Gasteiger partial charge in [-0.2, -0.15) is 0 Å². The summed E-state index contributed by atoms with van der Waals surface area (Å²) in [5.74, 6) is 0. The van der Waals surface area contributed by atoms with Crippen LogP contribution in [-0.4, -0.2) is 12.2 Å². The number of allylic oxidation sites excluding steroid dienone is 2. The van der Waals surface area contributed by atoms with Crippen LogP contribution in [0.15, 0.2) is 24.3 Å². The Morgan fingerprint density at radius 3 is 2.14 bits per heavy atom. The van der Waals surface area contributed by atoms with Gasteiger partial charge in [0.2, 0.25) is 0 Å². The monoisotopic (exact) mass is 94.0 g/mol. The minimum Gasteiger partial charge on any atom is -0.361 e. The van der Waals surface area contributed by atoms with Crippen LogP contribution in [0.1, 0.15) is 0 Å². The van der Waals surface area contributed by atoms with E-state index < -0.39 is 0 Å². The van der Waals surface area contributed by atoms with Crippen LogP contribution in [0.2, 0.25) is 0 Å². The van der Waals surface area contributed by atoms with Crippen LogP contribution in [-0.2, 0) is 4.74 Å². The van der Waals surface area contributed by atoms with Crippen LogP contribution < -0.4 is 0 Å². The van der Waals surface area contributed by atoms with Crippen molar-refractivity contribution < 1.29 is 4.74 Å². The van der Waals surface area contributed by atoms with Gasteiger partial charge in [-0.3, -0.25) is 0 Å². The van der Waals surface area contributed by atoms with Crippen molar-refractivity contribution in [2.24, 2.45) is 0 Å². The number of hydrogen-bond acceptors (Lipinski definition) is 1. The van der Waals surface area contributed by atoms with Gasteiger partial charge in [-0.15, -0.1) is 0 Å². The largest absolute Gasteiger partial charge is 0.361 e. The molecule has 1 spiro atoms. The van der Waals surface area contributed by atoms with Crippen LogP contribution in [0, 0.1) is 0 Å². The summed E-state index contributed by atoms with van der Waals surface area (Å²) in [6, 6.07) is 0. The van der Waals surface area contributed by atoms with Crippen molar-refractivity contribution in [3.63, 3.8) is 0 Å². The molecule has 2 aliphatic rings. The zero-order valence-corrected chi connectivity index (χ0v) is 3.92. The molecule has 1 nitrogen and oxygen atoms in total.